The standard InChI is InChI=1S/C17H22N2O2/c20-17(21)16-10-12-4-1-2-5-13(12)11-19(16)15-7-9-18-8-3-6-14(15)18/h1-2,4-5,14-16H,3,6-11H2,(H,20,21). The summed E-state index contributed by atoms with van der Waals surface area (Å²) in [6.45, 7) is 3.13. The average Bonchev–Trinajstić information content (AvgIpc) is 3.08. The molecule has 0 aliphatic carbocycles. The number of nitrogens with zero attached hydrogens (tertiary/aromatic N) is 2. The fourth-order valence-electron chi connectivity index (χ4n) is 4.56. The zero-order valence-corrected chi connectivity index (χ0v) is 12.2. The van der Waals surface area contributed by atoms with Crippen molar-refractivity contribution < 1.29 is 9.90 Å². The number of carbonyl (C=O) groups is 1. The molecule has 3 aliphatic heterocycles. The number of benzene rings is 1. The highest BCUT2D eigenvalue weighted by Crippen LogP contribution is 2.35. The van der Waals surface area contributed by atoms with Gasteiger partial charge >= 0.3 is 5.97 Å². The average molecular weight is 286 g/mol. The van der Waals surface area contributed by atoms with E-state index in [-0.39, 0.29) is 6.04 Å². The molecule has 1 aromatic carbocycles. The van der Waals surface area contributed by atoms with Crippen LogP contribution in [0.3, 0.4) is 0 Å². The van der Waals surface area contributed by atoms with Crippen LogP contribution in [0.15, 0.2) is 24.3 Å². The van der Waals surface area contributed by atoms with Crippen LogP contribution in [-0.4, -0.2) is 52.1 Å². The van der Waals surface area contributed by atoms with E-state index in [2.05, 4.69) is 28.0 Å². The molecular formula is C17H22N2O2. The number of fused-ring (bicyclic) bond motifs is 2. The molecule has 2 fully saturated rings. The smallest absolute Gasteiger partial charge is 0.321 e. The molecule has 112 valence electrons. The number of aliphatic carboxylic acids is 1. The molecule has 0 bridgehead atoms. The maximum atomic E-state index is 11.8. The van der Waals surface area contributed by atoms with Crippen molar-refractivity contribution in [3.05, 3.63) is 35.4 Å². The SMILES string of the molecule is O=C(O)C1Cc2ccccc2CN1C1CCN2CCCC12. The van der Waals surface area contributed by atoms with Crippen LogP contribution in [0.25, 0.3) is 0 Å². The van der Waals surface area contributed by atoms with Gasteiger partial charge in [-0.15, -0.1) is 0 Å². The first kappa shape index (κ1) is 13.3. The summed E-state index contributed by atoms with van der Waals surface area (Å²) in [6, 6.07) is 8.96. The van der Waals surface area contributed by atoms with E-state index in [4.69, 9.17) is 0 Å². The molecule has 21 heavy (non-hydrogen) atoms. The van der Waals surface area contributed by atoms with E-state index in [0.717, 1.165) is 19.5 Å². The van der Waals surface area contributed by atoms with Gasteiger partial charge in [-0.1, -0.05) is 24.3 Å². The van der Waals surface area contributed by atoms with E-state index in [0.29, 0.717) is 18.5 Å². The lowest BCUT2D eigenvalue weighted by atomic mass is 9.90. The van der Waals surface area contributed by atoms with Crippen molar-refractivity contribution in [1.82, 2.24) is 9.80 Å². The Hall–Kier alpha value is -1.39. The largest absolute Gasteiger partial charge is 0.480 e. The first-order chi connectivity index (χ1) is 10.2. The van der Waals surface area contributed by atoms with Gasteiger partial charge in [0, 0.05) is 25.2 Å². The van der Waals surface area contributed by atoms with Crippen molar-refractivity contribution in [2.45, 2.75) is 50.4 Å². The van der Waals surface area contributed by atoms with Crippen LogP contribution in [0.1, 0.15) is 30.4 Å². The molecule has 4 rings (SSSR count). The Morgan fingerprint density at radius 3 is 2.71 bits per heavy atom. The molecule has 3 atom stereocenters. The fraction of sp³-hybridized carbons (Fsp3) is 0.588. The maximum Gasteiger partial charge on any atom is 0.321 e. The molecule has 0 spiro atoms. The Morgan fingerprint density at radius 1 is 1.10 bits per heavy atom. The van der Waals surface area contributed by atoms with Crippen molar-refractivity contribution in [2.75, 3.05) is 13.1 Å². The van der Waals surface area contributed by atoms with Crippen LogP contribution in [0.2, 0.25) is 0 Å². The number of hydrogen-bond donors (Lipinski definition) is 1. The summed E-state index contributed by atoms with van der Waals surface area (Å²) in [4.78, 5) is 16.6. The molecule has 4 nitrogen and oxygen atoms in total. The van der Waals surface area contributed by atoms with Gasteiger partial charge in [-0.05, 0) is 43.4 Å². The first-order valence-corrected chi connectivity index (χ1v) is 8.03. The van der Waals surface area contributed by atoms with E-state index >= 15 is 0 Å². The van der Waals surface area contributed by atoms with Gasteiger partial charge in [0.2, 0.25) is 0 Å². The lowest BCUT2D eigenvalue weighted by Gasteiger charge is -2.40. The molecule has 1 N–H and O–H groups in total. The zero-order chi connectivity index (χ0) is 14.4. The minimum atomic E-state index is -0.666. The highest BCUT2D eigenvalue weighted by molar-refractivity contribution is 5.74. The van der Waals surface area contributed by atoms with Gasteiger partial charge in [0.05, 0.1) is 0 Å². The summed E-state index contributed by atoms with van der Waals surface area (Å²) in [5.74, 6) is -0.666. The molecule has 0 aromatic heterocycles. The molecule has 3 aliphatic rings. The quantitative estimate of drug-likeness (QED) is 0.899. The Labute approximate surface area is 125 Å². The molecular weight excluding hydrogens is 264 g/mol. The van der Waals surface area contributed by atoms with Crippen molar-refractivity contribution in [3.8, 4) is 0 Å². The minimum Gasteiger partial charge on any atom is -0.480 e. The van der Waals surface area contributed by atoms with Crippen molar-refractivity contribution in [2.24, 2.45) is 0 Å². The Balaban J connectivity index is 1.65. The zero-order valence-electron chi connectivity index (χ0n) is 12.2. The van der Waals surface area contributed by atoms with E-state index in [1.54, 1.807) is 0 Å². The van der Waals surface area contributed by atoms with E-state index < -0.39 is 5.97 Å². The van der Waals surface area contributed by atoms with Gasteiger partial charge in [-0.3, -0.25) is 14.6 Å². The number of rotatable bonds is 2. The van der Waals surface area contributed by atoms with Gasteiger partial charge in [0.15, 0.2) is 0 Å². The van der Waals surface area contributed by atoms with Crippen LogP contribution >= 0.6 is 0 Å². The van der Waals surface area contributed by atoms with Gasteiger partial charge in [0.1, 0.15) is 6.04 Å². The van der Waals surface area contributed by atoms with E-state index in [9.17, 15) is 9.90 Å². The maximum absolute atomic E-state index is 11.8. The molecule has 1 aromatic rings. The van der Waals surface area contributed by atoms with Crippen LogP contribution in [0.5, 0.6) is 0 Å². The topological polar surface area (TPSA) is 43.8 Å². The molecule has 0 saturated carbocycles. The molecule has 0 radical (unpaired) electrons. The number of hydrogen-bond acceptors (Lipinski definition) is 3. The second-order valence-corrected chi connectivity index (χ2v) is 6.60. The normalized spacial score (nSPS) is 32.9. The van der Waals surface area contributed by atoms with Gasteiger partial charge in [0.25, 0.3) is 0 Å². The summed E-state index contributed by atoms with van der Waals surface area (Å²) >= 11 is 0. The van der Waals surface area contributed by atoms with Gasteiger partial charge in [-0.2, -0.15) is 0 Å². The third-order valence-electron chi connectivity index (χ3n) is 5.57. The summed E-state index contributed by atoms with van der Waals surface area (Å²) < 4.78 is 0. The molecule has 3 unspecified atom stereocenters. The Bertz CT molecular complexity index is 559. The van der Waals surface area contributed by atoms with Crippen LogP contribution in [0.4, 0.5) is 0 Å². The summed E-state index contributed by atoms with van der Waals surface area (Å²) in [7, 11) is 0. The molecule has 3 heterocycles. The highest BCUT2D eigenvalue weighted by atomic mass is 16.4. The fourth-order valence-corrected chi connectivity index (χ4v) is 4.56. The van der Waals surface area contributed by atoms with Crippen LogP contribution in [-0.2, 0) is 17.8 Å². The summed E-state index contributed by atoms with van der Waals surface area (Å²) in [5, 5.41) is 9.68. The summed E-state index contributed by atoms with van der Waals surface area (Å²) in [5.41, 5.74) is 2.52. The number of carboxylic acids is 1. The highest BCUT2D eigenvalue weighted by Gasteiger charge is 2.45. The van der Waals surface area contributed by atoms with Crippen LogP contribution < -0.4 is 0 Å². The minimum absolute atomic E-state index is 0.356. The second kappa shape index (κ2) is 5.11. The first-order valence-electron chi connectivity index (χ1n) is 8.03. The third kappa shape index (κ3) is 2.17. The summed E-state index contributed by atoms with van der Waals surface area (Å²) in [6.07, 6.45) is 4.27. The monoisotopic (exact) mass is 286 g/mol. The van der Waals surface area contributed by atoms with Gasteiger partial charge in [-0.25, -0.2) is 0 Å². The Morgan fingerprint density at radius 2 is 1.90 bits per heavy atom. The third-order valence-corrected chi connectivity index (χ3v) is 5.57. The number of carboxylic acid groups (broad SMARTS) is 1. The lowest BCUT2D eigenvalue weighted by molar-refractivity contribution is -0.145. The predicted molar refractivity (Wildman–Crippen MR) is 80.1 cm³/mol. The lowest BCUT2D eigenvalue weighted by Crippen LogP contribution is -2.53. The molecule has 0 amide bonds. The van der Waals surface area contributed by atoms with Crippen molar-refractivity contribution in [1.29, 1.82) is 0 Å². The van der Waals surface area contributed by atoms with Crippen molar-refractivity contribution >= 4 is 5.97 Å². The van der Waals surface area contributed by atoms with Gasteiger partial charge < -0.3 is 5.11 Å². The second-order valence-electron chi connectivity index (χ2n) is 6.60. The van der Waals surface area contributed by atoms with E-state index in [1.807, 2.05) is 6.07 Å². The van der Waals surface area contributed by atoms with E-state index in [1.165, 1.54) is 30.5 Å². The predicted octanol–water partition coefficient (Wildman–Crippen LogP) is 1.73. The Kier molecular flexibility index (Phi) is 3.23. The van der Waals surface area contributed by atoms with Crippen LogP contribution in [0, 0.1) is 0 Å². The molecule has 2 saturated heterocycles. The van der Waals surface area contributed by atoms with Crippen molar-refractivity contribution in [3.63, 3.8) is 0 Å². The molecule has 4 heteroatoms.